The van der Waals surface area contributed by atoms with Crippen LogP contribution in [0.2, 0.25) is 0 Å². The zero-order valence-corrected chi connectivity index (χ0v) is 13.6. The van der Waals surface area contributed by atoms with Gasteiger partial charge in [-0.05, 0) is 35.8 Å². The van der Waals surface area contributed by atoms with Crippen molar-refractivity contribution >= 4 is 22.7 Å². The van der Waals surface area contributed by atoms with E-state index >= 15 is 0 Å². The number of rotatable bonds is 4. The van der Waals surface area contributed by atoms with Crippen molar-refractivity contribution in [1.29, 1.82) is 0 Å². The Bertz CT molecular complexity index is 837. The van der Waals surface area contributed by atoms with E-state index in [-0.39, 0.29) is 5.91 Å². The fourth-order valence-electron chi connectivity index (χ4n) is 2.67. The SMILES string of the molecule is C/C(=C(\C(=O)Nc1ccccc1)c1ccccc1)c1ccccc1. The Kier molecular flexibility index (Phi) is 4.87. The molecule has 3 aromatic rings. The van der Waals surface area contributed by atoms with Crippen molar-refractivity contribution < 1.29 is 4.79 Å². The molecule has 24 heavy (non-hydrogen) atoms. The van der Waals surface area contributed by atoms with Gasteiger partial charge >= 0.3 is 0 Å². The molecular formula is C22H19NO. The molecule has 1 N–H and O–H groups in total. The number of hydrogen-bond donors (Lipinski definition) is 1. The van der Waals surface area contributed by atoms with Crippen molar-refractivity contribution in [1.82, 2.24) is 0 Å². The molecule has 0 saturated heterocycles. The minimum atomic E-state index is -0.103. The van der Waals surface area contributed by atoms with Gasteiger partial charge < -0.3 is 5.32 Å². The first-order valence-corrected chi connectivity index (χ1v) is 7.94. The van der Waals surface area contributed by atoms with Crippen LogP contribution in [0.25, 0.3) is 11.1 Å². The van der Waals surface area contributed by atoms with Crippen molar-refractivity contribution in [3.8, 4) is 0 Å². The van der Waals surface area contributed by atoms with Crippen LogP contribution in [0.1, 0.15) is 18.1 Å². The van der Waals surface area contributed by atoms with Crippen molar-refractivity contribution in [2.45, 2.75) is 6.92 Å². The third-order valence-electron chi connectivity index (χ3n) is 3.90. The van der Waals surface area contributed by atoms with Crippen LogP contribution in [0.3, 0.4) is 0 Å². The quantitative estimate of drug-likeness (QED) is 0.517. The lowest BCUT2D eigenvalue weighted by molar-refractivity contribution is -0.111. The van der Waals surface area contributed by atoms with Gasteiger partial charge in [0.2, 0.25) is 0 Å². The molecule has 0 radical (unpaired) electrons. The Morgan fingerprint density at radius 3 is 1.67 bits per heavy atom. The van der Waals surface area contributed by atoms with Gasteiger partial charge in [-0.1, -0.05) is 78.9 Å². The third-order valence-corrected chi connectivity index (χ3v) is 3.90. The number of hydrogen-bond acceptors (Lipinski definition) is 1. The van der Waals surface area contributed by atoms with Crippen molar-refractivity contribution in [2.75, 3.05) is 5.32 Å². The van der Waals surface area contributed by atoms with Gasteiger partial charge in [-0.3, -0.25) is 4.79 Å². The van der Waals surface area contributed by atoms with E-state index in [0.717, 1.165) is 22.4 Å². The third kappa shape index (κ3) is 3.61. The van der Waals surface area contributed by atoms with Crippen LogP contribution in [0, 0.1) is 0 Å². The van der Waals surface area contributed by atoms with Crippen molar-refractivity contribution in [3.05, 3.63) is 102 Å². The van der Waals surface area contributed by atoms with Crippen molar-refractivity contribution in [2.24, 2.45) is 0 Å². The summed E-state index contributed by atoms with van der Waals surface area (Å²) in [6.45, 7) is 1.99. The Morgan fingerprint density at radius 1 is 0.667 bits per heavy atom. The molecular weight excluding hydrogens is 294 g/mol. The van der Waals surface area contributed by atoms with Crippen LogP contribution in [0.15, 0.2) is 91.0 Å². The van der Waals surface area contributed by atoms with Crippen LogP contribution in [0.5, 0.6) is 0 Å². The lowest BCUT2D eigenvalue weighted by atomic mass is 9.95. The maximum absolute atomic E-state index is 13.0. The van der Waals surface area contributed by atoms with E-state index in [9.17, 15) is 4.79 Å². The summed E-state index contributed by atoms with van der Waals surface area (Å²) in [5.74, 6) is -0.103. The molecule has 2 nitrogen and oxygen atoms in total. The highest BCUT2D eigenvalue weighted by Crippen LogP contribution is 2.27. The monoisotopic (exact) mass is 313 g/mol. The largest absolute Gasteiger partial charge is 0.322 e. The minimum absolute atomic E-state index is 0.103. The first-order chi connectivity index (χ1) is 11.8. The minimum Gasteiger partial charge on any atom is -0.322 e. The summed E-state index contributed by atoms with van der Waals surface area (Å²) in [6, 6.07) is 29.3. The molecule has 0 aliphatic carbocycles. The van der Waals surface area contributed by atoms with E-state index in [2.05, 4.69) is 5.32 Å². The number of allylic oxidation sites excluding steroid dienone is 1. The first-order valence-electron chi connectivity index (χ1n) is 7.94. The van der Waals surface area contributed by atoms with Gasteiger partial charge in [-0.2, -0.15) is 0 Å². The highest BCUT2D eigenvalue weighted by molar-refractivity contribution is 6.31. The molecule has 3 rings (SSSR count). The fourth-order valence-corrected chi connectivity index (χ4v) is 2.67. The molecule has 0 aliphatic heterocycles. The summed E-state index contributed by atoms with van der Waals surface area (Å²) in [6.07, 6.45) is 0. The molecule has 0 bridgehead atoms. The zero-order valence-electron chi connectivity index (χ0n) is 13.6. The van der Waals surface area contributed by atoms with Gasteiger partial charge in [0.25, 0.3) is 5.91 Å². The topological polar surface area (TPSA) is 29.1 Å². The van der Waals surface area contributed by atoms with E-state index in [1.54, 1.807) is 0 Å². The van der Waals surface area contributed by atoms with E-state index in [1.807, 2.05) is 97.9 Å². The second-order valence-corrected chi connectivity index (χ2v) is 5.55. The average molecular weight is 313 g/mol. The van der Waals surface area contributed by atoms with E-state index in [0.29, 0.717) is 5.57 Å². The molecule has 1 amide bonds. The lowest BCUT2D eigenvalue weighted by Crippen LogP contribution is -2.14. The number of carbonyl (C=O) groups excluding carboxylic acids is 1. The lowest BCUT2D eigenvalue weighted by Gasteiger charge is -2.14. The van der Waals surface area contributed by atoms with Crippen molar-refractivity contribution in [3.63, 3.8) is 0 Å². The molecule has 0 heterocycles. The van der Waals surface area contributed by atoms with Gasteiger partial charge in [0.15, 0.2) is 0 Å². The molecule has 0 fully saturated rings. The van der Waals surface area contributed by atoms with Crippen LogP contribution < -0.4 is 5.32 Å². The average Bonchev–Trinajstić information content (AvgIpc) is 2.64. The van der Waals surface area contributed by atoms with Crippen LogP contribution in [-0.2, 0) is 4.79 Å². The first kappa shape index (κ1) is 15.8. The maximum atomic E-state index is 13.0. The second-order valence-electron chi connectivity index (χ2n) is 5.55. The molecule has 2 heteroatoms. The summed E-state index contributed by atoms with van der Waals surface area (Å²) in [7, 11) is 0. The van der Waals surface area contributed by atoms with Crippen LogP contribution in [0.4, 0.5) is 5.69 Å². The molecule has 0 aliphatic rings. The molecule has 0 aromatic heterocycles. The van der Waals surface area contributed by atoms with Gasteiger partial charge in [0, 0.05) is 5.69 Å². The Labute approximate surface area is 142 Å². The summed E-state index contributed by atoms with van der Waals surface area (Å²) < 4.78 is 0. The normalized spacial score (nSPS) is 11.5. The molecule has 0 spiro atoms. The highest BCUT2D eigenvalue weighted by Gasteiger charge is 2.16. The number of carbonyl (C=O) groups is 1. The van der Waals surface area contributed by atoms with E-state index in [1.165, 1.54) is 0 Å². The van der Waals surface area contributed by atoms with Gasteiger partial charge in [-0.15, -0.1) is 0 Å². The van der Waals surface area contributed by atoms with Crippen LogP contribution in [-0.4, -0.2) is 5.91 Å². The van der Waals surface area contributed by atoms with E-state index < -0.39 is 0 Å². The van der Waals surface area contributed by atoms with Gasteiger partial charge in [0.1, 0.15) is 0 Å². The molecule has 118 valence electrons. The van der Waals surface area contributed by atoms with Gasteiger partial charge in [0.05, 0.1) is 5.57 Å². The standard InChI is InChI=1S/C22H19NO/c1-17(18-11-5-2-6-12-18)21(19-13-7-3-8-14-19)22(24)23-20-15-9-4-10-16-20/h2-16H,1H3,(H,23,24)/b21-17+. The smallest absolute Gasteiger partial charge is 0.256 e. The number of benzene rings is 3. The molecule has 0 saturated carbocycles. The number of nitrogens with one attached hydrogen (secondary N) is 1. The fraction of sp³-hybridized carbons (Fsp3) is 0.0455. The zero-order chi connectivity index (χ0) is 16.8. The Morgan fingerprint density at radius 2 is 1.12 bits per heavy atom. The highest BCUT2D eigenvalue weighted by atomic mass is 16.1. The summed E-state index contributed by atoms with van der Waals surface area (Å²) >= 11 is 0. The predicted molar refractivity (Wildman–Crippen MR) is 100 cm³/mol. The Balaban J connectivity index is 2.04. The van der Waals surface area contributed by atoms with E-state index in [4.69, 9.17) is 0 Å². The molecule has 0 atom stereocenters. The van der Waals surface area contributed by atoms with Crippen LogP contribution >= 0.6 is 0 Å². The Hall–Kier alpha value is -3.13. The number of anilines is 1. The number of amides is 1. The summed E-state index contributed by atoms with van der Waals surface area (Å²) in [5, 5.41) is 2.99. The summed E-state index contributed by atoms with van der Waals surface area (Å²) in [5.41, 5.74) is 4.38. The molecule has 3 aromatic carbocycles. The second kappa shape index (κ2) is 7.42. The predicted octanol–water partition coefficient (Wildman–Crippen LogP) is 5.26. The van der Waals surface area contributed by atoms with Gasteiger partial charge in [-0.25, -0.2) is 0 Å². The summed E-state index contributed by atoms with van der Waals surface area (Å²) in [4.78, 5) is 13.0. The molecule has 0 unspecified atom stereocenters. The maximum Gasteiger partial charge on any atom is 0.256 e. The number of para-hydroxylation sites is 1.